The van der Waals surface area contributed by atoms with Crippen LogP contribution in [0.25, 0.3) is 0 Å². The molecule has 0 amide bonds. The Balaban J connectivity index is 2.85. The van der Waals surface area contributed by atoms with Crippen molar-refractivity contribution < 1.29 is 14.3 Å². The maximum atomic E-state index is 11.2. The van der Waals surface area contributed by atoms with Crippen LogP contribution in [-0.2, 0) is 14.3 Å². The molecule has 1 atom stereocenters. The zero-order valence-corrected chi connectivity index (χ0v) is 7.69. The fourth-order valence-corrected chi connectivity index (χ4v) is 1.10. The van der Waals surface area contributed by atoms with Crippen molar-refractivity contribution in [2.24, 2.45) is 0 Å². The number of ether oxygens (including phenoxy) is 2. The minimum absolute atomic E-state index is 0.381. The van der Waals surface area contributed by atoms with Crippen LogP contribution in [0.3, 0.4) is 0 Å². The second-order valence-corrected chi connectivity index (χ2v) is 2.55. The van der Waals surface area contributed by atoms with Crippen molar-refractivity contribution in [2.45, 2.75) is 6.10 Å². The van der Waals surface area contributed by atoms with Crippen molar-refractivity contribution in [3.05, 3.63) is 35.9 Å². The lowest BCUT2D eigenvalue weighted by atomic mass is 10.1. The number of hydrogen-bond donors (Lipinski definition) is 0. The van der Waals surface area contributed by atoms with Gasteiger partial charge >= 0.3 is 5.97 Å². The van der Waals surface area contributed by atoms with E-state index in [1.54, 1.807) is 0 Å². The van der Waals surface area contributed by atoms with E-state index in [4.69, 9.17) is 4.74 Å². The molecule has 0 bridgehead atoms. The fourth-order valence-electron chi connectivity index (χ4n) is 1.10. The van der Waals surface area contributed by atoms with E-state index in [0.717, 1.165) is 5.56 Å². The molecule has 1 unspecified atom stereocenters. The minimum Gasteiger partial charge on any atom is -0.467 e. The van der Waals surface area contributed by atoms with Crippen molar-refractivity contribution in [3.63, 3.8) is 0 Å². The van der Waals surface area contributed by atoms with E-state index in [2.05, 4.69) is 4.74 Å². The number of benzene rings is 1. The van der Waals surface area contributed by atoms with Crippen LogP contribution in [0, 0.1) is 0 Å². The first-order valence-corrected chi connectivity index (χ1v) is 3.95. The highest BCUT2D eigenvalue weighted by molar-refractivity contribution is 5.76. The van der Waals surface area contributed by atoms with Crippen LogP contribution in [0.1, 0.15) is 11.7 Å². The highest BCUT2D eigenvalue weighted by Gasteiger charge is 2.19. The first kappa shape index (κ1) is 9.74. The molecule has 0 aliphatic heterocycles. The van der Waals surface area contributed by atoms with Crippen molar-refractivity contribution in [2.75, 3.05) is 14.2 Å². The summed E-state index contributed by atoms with van der Waals surface area (Å²) in [4.78, 5) is 11.2. The molecule has 1 aromatic carbocycles. The first-order valence-electron chi connectivity index (χ1n) is 3.95. The van der Waals surface area contributed by atoms with Crippen LogP contribution < -0.4 is 0 Å². The third kappa shape index (κ3) is 2.29. The molecule has 3 nitrogen and oxygen atoms in total. The summed E-state index contributed by atoms with van der Waals surface area (Å²) in [6, 6.07) is 9.23. The van der Waals surface area contributed by atoms with Gasteiger partial charge in [-0.25, -0.2) is 4.79 Å². The molecule has 0 N–H and O–H groups in total. The van der Waals surface area contributed by atoms with E-state index >= 15 is 0 Å². The lowest BCUT2D eigenvalue weighted by Gasteiger charge is -2.12. The van der Waals surface area contributed by atoms with E-state index < -0.39 is 6.10 Å². The SMILES string of the molecule is COC(=O)C(OC)c1ccccc1. The van der Waals surface area contributed by atoms with Gasteiger partial charge in [-0.1, -0.05) is 30.3 Å². The Hall–Kier alpha value is -1.35. The number of hydrogen-bond acceptors (Lipinski definition) is 3. The molecule has 70 valence electrons. The summed E-state index contributed by atoms with van der Waals surface area (Å²) in [5.41, 5.74) is 0.803. The molecule has 0 saturated carbocycles. The molecule has 0 aliphatic carbocycles. The summed E-state index contributed by atoms with van der Waals surface area (Å²) in [7, 11) is 2.83. The Morgan fingerprint density at radius 3 is 2.31 bits per heavy atom. The molecule has 0 fully saturated rings. The standard InChI is InChI=1S/C10H12O3/c1-12-9(10(11)13-2)8-6-4-3-5-7-8/h3-7,9H,1-2H3. The van der Waals surface area contributed by atoms with Gasteiger partial charge in [0.25, 0.3) is 0 Å². The predicted octanol–water partition coefficient (Wildman–Crippen LogP) is 1.55. The maximum absolute atomic E-state index is 11.2. The van der Waals surface area contributed by atoms with Crippen molar-refractivity contribution in [3.8, 4) is 0 Å². The average Bonchev–Trinajstić information content (AvgIpc) is 2.20. The van der Waals surface area contributed by atoms with Gasteiger partial charge in [0.15, 0.2) is 6.10 Å². The topological polar surface area (TPSA) is 35.5 Å². The highest BCUT2D eigenvalue weighted by Crippen LogP contribution is 2.16. The first-order chi connectivity index (χ1) is 6.29. The van der Waals surface area contributed by atoms with E-state index in [-0.39, 0.29) is 5.97 Å². The normalized spacial score (nSPS) is 12.2. The van der Waals surface area contributed by atoms with E-state index in [9.17, 15) is 4.79 Å². The van der Waals surface area contributed by atoms with Gasteiger partial charge in [-0.2, -0.15) is 0 Å². The number of esters is 1. The van der Waals surface area contributed by atoms with Crippen molar-refractivity contribution in [1.29, 1.82) is 0 Å². The van der Waals surface area contributed by atoms with E-state index in [0.29, 0.717) is 0 Å². The van der Waals surface area contributed by atoms with Gasteiger partial charge in [0.1, 0.15) is 0 Å². The number of methoxy groups -OCH3 is 2. The lowest BCUT2D eigenvalue weighted by Crippen LogP contribution is -2.15. The number of carbonyl (C=O) groups excluding carboxylic acids is 1. The molecule has 1 rings (SSSR count). The average molecular weight is 180 g/mol. The Morgan fingerprint density at radius 2 is 1.85 bits per heavy atom. The van der Waals surface area contributed by atoms with Crippen LogP contribution in [-0.4, -0.2) is 20.2 Å². The molecule has 0 radical (unpaired) electrons. The van der Waals surface area contributed by atoms with Gasteiger partial charge in [-0.3, -0.25) is 0 Å². The monoisotopic (exact) mass is 180 g/mol. The number of rotatable bonds is 3. The van der Waals surface area contributed by atoms with Gasteiger partial charge in [0.05, 0.1) is 7.11 Å². The van der Waals surface area contributed by atoms with Crippen LogP contribution in [0.15, 0.2) is 30.3 Å². The van der Waals surface area contributed by atoms with Crippen molar-refractivity contribution >= 4 is 5.97 Å². The largest absolute Gasteiger partial charge is 0.467 e. The Morgan fingerprint density at radius 1 is 1.23 bits per heavy atom. The Labute approximate surface area is 77.3 Å². The molecule has 0 saturated heterocycles. The molecular formula is C10H12O3. The van der Waals surface area contributed by atoms with Gasteiger partial charge in [-0.15, -0.1) is 0 Å². The van der Waals surface area contributed by atoms with Crippen molar-refractivity contribution in [1.82, 2.24) is 0 Å². The van der Waals surface area contributed by atoms with Crippen LogP contribution in [0.5, 0.6) is 0 Å². The van der Waals surface area contributed by atoms with Gasteiger partial charge in [0, 0.05) is 7.11 Å². The smallest absolute Gasteiger partial charge is 0.339 e. The predicted molar refractivity (Wildman–Crippen MR) is 48.2 cm³/mol. The van der Waals surface area contributed by atoms with E-state index in [1.807, 2.05) is 30.3 Å². The second kappa shape index (κ2) is 4.62. The molecule has 0 heterocycles. The Bertz CT molecular complexity index is 269. The number of carbonyl (C=O) groups is 1. The highest BCUT2D eigenvalue weighted by atomic mass is 16.6. The molecule has 1 aromatic rings. The summed E-state index contributed by atoms with van der Waals surface area (Å²) < 4.78 is 9.61. The van der Waals surface area contributed by atoms with Gasteiger partial charge in [-0.05, 0) is 5.56 Å². The summed E-state index contributed by atoms with van der Waals surface area (Å²) in [5, 5.41) is 0. The summed E-state index contributed by atoms with van der Waals surface area (Å²) in [6.07, 6.45) is -0.619. The molecule has 0 aliphatic rings. The van der Waals surface area contributed by atoms with Crippen LogP contribution >= 0.6 is 0 Å². The zero-order valence-electron chi connectivity index (χ0n) is 7.69. The third-order valence-electron chi connectivity index (χ3n) is 1.75. The Kier molecular flexibility index (Phi) is 3.46. The zero-order chi connectivity index (χ0) is 9.68. The van der Waals surface area contributed by atoms with Gasteiger partial charge < -0.3 is 9.47 Å². The lowest BCUT2D eigenvalue weighted by molar-refractivity contribution is -0.152. The third-order valence-corrected chi connectivity index (χ3v) is 1.75. The molecule has 0 aromatic heterocycles. The molecular weight excluding hydrogens is 168 g/mol. The summed E-state index contributed by atoms with van der Waals surface area (Å²) >= 11 is 0. The maximum Gasteiger partial charge on any atom is 0.339 e. The molecule has 13 heavy (non-hydrogen) atoms. The van der Waals surface area contributed by atoms with E-state index in [1.165, 1.54) is 14.2 Å². The fraction of sp³-hybridized carbons (Fsp3) is 0.300. The summed E-state index contributed by atoms with van der Waals surface area (Å²) in [5.74, 6) is -0.381. The molecule has 3 heteroatoms. The second-order valence-electron chi connectivity index (χ2n) is 2.55. The molecule has 0 spiro atoms. The summed E-state index contributed by atoms with van der Waals surface area (Å²) in [6.45, 7) is 0. The van der Waals surface area contributed by atoms with Crippen LogP contribution in [0.2, 0.25) is 0 Å². The minimum atomic E-state index is -0.619. The van der Waals surface area contributed by atoms with Gasteiger partial charge in [0.2, 0.25) is 0 Å². The van der Waals surface area contributed by atoms with Crippen LogP contribution in [0.4, 0.5) is 0 Å². The quantitative estimate of drug-likeness (QED) is 0.662.